The Labute approximate surface area is 163 Å². The molecule has 0 radical (unpaired) electrons. The SMILES string of the molecule is CN=C(NCCOC)NCc1cccnc1Oc1cccc(F)c1.I. The lowest BCUT2D eigenvalue weighted by Crippen LogP contribution is -2.38. The quantitative estimate of drug-likeness (QED) is 0.288. The number of ether oxygens (including phenoxy) is 2. The van der Waals surface area contributed by atoms with Gasteiger partial charge in [0, 0.05) is 45.1 Å². The Kier molecular flexibility index (Phi) is 9.78. The molecule has 0 saturated carbocycles. The van der Waals surface area contributed by atoms with E-state index in [1.54, 1.807) is 32.5 Å². The first-order valence-corrected chi connectivity index (χ1v) is 7.53. The van der Waals surface area contributed by atoms with Gasteiger partial charge in [-0.3, -0.25) is 4.99 Å². The lowest BCUT2D eigenvalue weighted by Gasteiger charge is -2.13. The highest BCUT2D eigenvalue weighted by atomic mass is 127. The first-order chi connectivity index (χ1) is 11.7. The molecule has 0 unspecified atom stereocenters. The monoisotopic (exact) mass is 460 g/mol. The van der Waals surface area contributed by atoms with Gasteiger partial charge in [0.25, 0.3) is 0 Å². The molecule has 2 N–H and O–H groups in total. The number of rotatable bonds is 7. The Morgan fingerprint density at radius 2 is 2.08 bits per heavy atom. The van der Waals surface area contributed by atoms with Crippen LogP contribution < -0.4 is 15.4 Å². The molecule has 2 aromatic rings. The molecule has 1 aromatic carbocycles. The molecule has 8 heteroatoms. The number of halogens is 2. The molecule has 0 atom stereocenters. The highest BCUT2D eigenvalue weighted by molar-refractivity contribution is 14.0. The second-order valence-corrected chi connectivity index (χ2v) is 4.87. The van der Waals surface area contributed by atoms with Crippen molar-refractivity contribution >= 4 is 29.9 Å². The summed E-state index contributed by atoms with van der Waals surface area (Å²) >= 11 is 0. The first-order valence-electron chi connectivity index (χ1n) is 7.53. The summed E-state index contributed by atoms with van der Waals surface area (Å²) in [6.07, 6.45) is 1.63. The Bertz CT molecular complexity index is 685. The summed E-state index contributed by atoms with van der Waals surface area (Å²) in [5.41, 5.74) is 0.830. The Morgan fingerprint density at radius 3 is 2.80 bits per heavy atom. The first kappa shape index (κ1) is 21.1. The van der Waals surface area contributed by atoms with E-state index in [2.05, 4.69) is 20.6 Å². The van der Waals surface area contributed by atoms with E-state index in [0.717, 1.165) is 5.56 Å². The highest BCUT2D eigenvalue weighted by Gasteiger charge is 2.07. The number of nitrogens with one attached hydrogen (secondary N) is 2. The molecule has 0 aliphatic heterocycles. The van der Waals surface area contributed by atoms with E-state index in [-0.39, 0.29) is 29.8 Å². The highest BCUT2D eigenvalue weighted by Crippen LogP contribution is 2.23. The predicted molar refractivity (Wildman–Crippen MR) is 106 cm³/mol. The van der Waals surface area contributed by atoms with Gasteiger partial charge in [0.15, 0.2) is 5.96 Å². The Balaban J connectivity index is 0.00000312. The molecule has 25 heavy (non-hydrogen) atoms. The fourth-order valence-electron chi connectivity index (χ4n) is 1.96. The zero-order chi connectivity index (χ0) is 17.2. The van der Waals surface area contributed by atoms with Crippen molar-refractivity contribution in [1.82, 2.24) is 15.6 Å². The molecule has 0 bridgehead atoms. The summed E-state index contributed by atoms with van der Waals surface area (Å²) in [5, 5.41) is 6.29. The van der Waals surface area contributed by atoms with Crippen LogP contribution in [0.3, 0.4) is 0 Å². The van der Waals surface area contributed by atoms with Crippen LogP contribution in [0.25, 0.3) is 0 Å². The fraction of sp³-hybridized carbons (Fsp3) is 0.294. The number of nitrogens with zero attached hydrogens (tertiary/aromatic N) is 2. The molecule has 0 aliphatic rings. The van der Waals surface area contributed by atoms with Crippen LogP contribution >= 0.6 is 24.0 Å². The van der Waals surface area contributed by atoms with Gasteiger partial charge >= 0.3 is 0 Å². The maximum absolute atomic E-state index is 13.3. The van der Waals surface area contributed by atoms with E-state index >= 15 is 0 Å². The van der Waals surface area contributed by atoms with Crippen molar-refractivity contribution in [3.05, 3.63) is 54.0 Å². The van der Waals surface area contributed by atoms with E-state index in [1.165, 1.54) is 12.1 Å². The van der Waals surface area contributed by atoms with Crippen LogP contribution in [0, 0.1) is 5.82 Å². The zero-order valence-electron chi connectivity index (χ0n) is 14.2. The lowest BCUT2D eigenvalue weighted by atomic mass is 10.2. The van der Waals surface area contributed by atoms with Gasteiger partial charge in [0.1, 0.15) is 11.6 Å². The van der Waals surface area contributed by atoms with Crippen LogP contribution in [-0.2, 0) is 11.3 Å². The number of pyridine rings is 1. The van der Waals surface area contributed by atoms with Crippen molar-refractivity contribution in [1.29, 1.82) is 0 Å². The van der Waals surface area contributed by atoms with Gasteiger partial charge in [0.2, 0.25) is 5.88 Å². The number of aliphatic imine (C=N–C) groups is 1. The second kappa shape index (κ2) is 11.6. The minimum atomic E-state index is -0.356. The van der Waals surface area contributed by atoms with Crippen LogP contribution in [0.5, 0.6) is 11.6 Å². The van der Waals surface area contributed by atoms with Crippen LogP contribution in [-0.4, -0.2) is 38.3 Å². The van der Waals surface area contributed by atoms with Gasteiger partial charge in [0.05, 0.1) is 6.61 Å². The molecular formula is C17H22FIN4O2. The topological polar surface area (TPSA) is 67.8 Å². The molecule has 0 aliphatic carbocycles. The average molecular weight is 460 g/mol. The Hall–Kier alpha value is -1.94. The second-order valence-electron chi connectivity index (χ2n) is 4.87. The van der Waals surface area contributed by atoms with Crippen LogP contribution in [0.2, 0.25) is 0 Å². The summed E-state index contributed by atoms with van der Waals surface area (Å²) in [7, 11) is 3.33. The molecule has 2 rings (SSSR count). The summed E-state index contributed by atoms with van der Waals surface area (Å²) in [6, 6.07) is 9.65. The molecule has 136 valence electrons. The molecule has 1 aromatic heterocycles. The number of guanidine groups is 1. The van der Waals surface area contributed by atoms with Crippen LogP contribution in [0.4, 0.5) is 4.39 Å². The van der Waals surface area contributed by atoms with E-state index in [0.29, 0.717) is 37.3 Å². The van der Waals surface area contributed by atoms with Crippen molar-refractivity contribution in [3.8, 4) is 11.6 Å². The number of hydrogen-bond donors (Lipinski definition) is 2. The van der Waals surface area contributed by atoms with Crippen molar-refractivity contribution in [3.63, 3.8) is 0 Å². The molecule has 0 spiro atoms. The van der Waals surface area contributed by atoms with E-state index in [4.69, 9.17) is 9.47 Å². The fourth-order valence-corrected chi connectivity index (χ4v) is 1.96. The Morgan fingerprint density at radius 1 is 1.24 bits per heavy atom. The third kappa shape index (κ3) is 7.22. The van der Waals surface area contributed by atoms with E-state index in [1.807, 2.05) is 12.1 Å². The molecular weight excluding hydrogens is 438 g/mol. The van der Waals surface area contributed by atoms with Gasteiger partial charge in [-0.1, -0.05) is 12.1 Å². The number of hydrogen-bond acceptors (Lipinski definition) is 4. The zero-order valence-corrected chi connectivity index (χ0v) is 16.5. The van der Waals surface area contributed by atoms with Crippen LogP contribution in [0.15, 0.2) is 47.6 Å². The summed E-state index contributed by atoms with van der Waals surface area (Å²) in [4.78, 5) is 8.35. The van der Waals surface area contributed by atoms with Crippen molar-refractivity contribution in [2.45, 2.75) is 6.54 Å². The number of aromatic nitrogens is 1. The molecule has 0 saturated heterocycles. The van der Waals surface area contributed by atoms with Gasteiger partial charge in [-0.05, 0) is 18.2 Å². The number of methoxy groups -OCH3 is 1. The third-order valence-corrected chi connectivity index (χ3v) is 3.13. The van der Waals surface area contributed by atoms with Crippen LogP contribution in [0.1, 0.15) is 5.56 Å². The maximum atomic E-state index is 13.3. The molecule has 6 nitrogen and oxygen atoms in total. The number of benzene rings is 1. The molecule has 0 fully saturated rings. The minimum absolute atomic E-state index is 0. The largest absolute Gasteiger partial charge is 0.439 e. The molecule has 0 amide bonds. The molecule has 1 heterocycles. The third-order valence-electron chi connectivity index (χ3n) is 3.13. The van der Waals surface area contributed by atoms with Crippen molar-refractivity contribution < 1.29 is 13.9 Å². The summed E-state index contributed by atoms with van der Waals surface area (Å²) < 4.78 is 23.9. The average Bonchev–Trinajstić information content (AvgIpc) is 2.59. The smallest absolute Gasteiger partial charge is 0.224 e. The van der Waals surface area contributed by atoms with Crippen molar-refractivity contribution in [2.24, 2.45) is 4.99 Å². The summed E-state index contributed by atoms with van der Waals surface area (Å²) in [5.74, 6) is 1.11. The predicted octanol–water partition coefficient (Wildman–Crippen LogP) is 2.94. The van der Waals surface area contributed by atoms with Gasteiger partial charge < -0.3 is 20.1 Å². The van der Waals surface area contributed by atoms with E-state index in [9.17, 15) is 4.39 Å². The van der Waals surface area contributed by atoms with E-state index < -0.39 is 0 Å². The minimum Gasteiger partial charge on any atom is -0.439 e. The van der Waals surface area contributed by atoms with Gasteiger partial charge in [-0.25, -0.2) is 9.37 Å². The van der Waals surface area contributed by atoms with Gasteiger partial charge in [-0.15, -0.1) is 24.0 Å². The van der Waals surface area contributed by atoms with Crippen molar-refractivity contribution in [2.75, 3.05) is 27.3 Å². The maximum Gasteiger partial charge on any atom is 0.224 e. The normalized spacial score (nSPS) is 10.8. The standard InChI is InChI=1S/C17H21FN4O2.HI/c1-19-17(21-9-10-23-2)22-12-13-5-4-8-20-16(13)24-15-7-3-6-14(18)11-15;/h3-8,11H,9-10,12H2,1-2H3,(H2,19,21,22);1H. The lowest BCUT2D eigenvalue weighted by molar-refractivity contribution is 0.203. The van der Waals surface area contributed by atoms with Gasteiger partial charge in [-0.2, -0.15) is 0 Å². The summed E-state index contributed by atoms with van der Waals surface area (Å²) in [6.45, 7) is 1.70.